The van der Waals surface area contributed by atoms with E-state index in [0.717, 1.165) is 24.8 Å². The van der Waals surface area contributed by atoms with E-state index in [0.29, 0.717) is 18.1 Å². The number of hydrogen-bond acceptors (Lipinski definition) is 6. The third-order valence-corrected chi connectivity index (χ3v) is 4.47. The number of H-pyrrole nitrogens is 1. The van der Waals surface area contributed by atoms with Crippen molar-refractivity contribution in [3.8, 4) is 5.82 Å². The Kier molecular flexibility index (Phi) is 4.69. The number of hydrogen-bond donors (Lipinski definition) is 2. The number of benzene rings is 1. The number of amides is 1. The molecule has 2 aromatic heterocycles. The zero-order valence-corrected chi connectivity index (χ0v) is 14.1. The molecule has 0 aliphatic heterocycles. The van der Waals surface area contributed by atoms with Gasteiger partial charge in [-0.15, -0.1) is 5.10 Å². The first-order chi connectivity index (χ1) is 12.8. The fourth-order valence-corrected chi connectivity index (χ4v) is 3.13. The van der Waals surface area contributed by atoms with Gasteiger partial charge in [0.15, 0.2) is 5.82 Å². The number of tetrazole rings is 1. The van der Waals surface area contributed by atoms with Crippen molar-refractivity contribution in [2.75, 3.05) is 0 Å². The largest absolute Gasteiger partial charge is 0.371 e. The highest BCUT2D eigenvalue weighted by molar-refractivity contribution is 5.92. The second kappa shape index (κ2) is 7.44. The van der Waals surface area contributed by atoms with E-state index in [2.05, 4.69) is 31.0 Å². The molecule has 2 heterocycles. The van der Waals surface area contributed by atoms with Crippen LogP contribution in [-0.2, 0) is 11.3 Å². The molecule has 26 heavy (non-hydrogen) atoms. The third-order valence-electron chi connectivity index (χ3n) is 4.47. The Labute approximate surface area is 149 Å². The average Bonchev–Trinajstić information content (AvgIpc) is 3.41. The summed E-state index contributed by atoms with van der Waals surface area (Å²) in [6, 6.07) is 11.6. The smallest absolute Gasteiger partial charge is 0.269 e. The first-order valence-corrected chi connectivity index (χ1v) is 8.55. The van der Waals surface area contributed by atoms with Gasteiger partial charge in [0, 0.05) is 6.07 Å². The van der Waals surface area contributed by atoms with Crippen LogP contribution >= 0.6 is 0 Å². The number of carbonyl (C=O) groups is 1. The molecule has 1 amide bonds. The summed E-state index contributed by atoms with van der Waals surface area (Å²) >= 11 is 0. The second-order valence-corrected chi connectivity index (χ2v) is 6.24. The molecule has 2 N–H and O–H groups in total. The molecule has 1 aromatic carbocycles. The van der Waals surface area contributed by atoms with Crippen LogP contribution in [0.5, 0.6) is 0 Å². The van der Waals surface area contributed by atoms with Crippen LogP contribution in [0.4, 0.5) is 0 Å². The quantitative estimate of drug-likeness (QED) is 0.690. The molecule has 1 aliphatic carbocycles. The Morgan fingerprint density at radius 2 is 2.19 bits per heavy atom. The second-order valence-electron chi connectivity index (χ2n) is 6.24. The summed E-state index contributed by atoms with van der Waals surface area (Å²) in [6.45, 7) is 0.547. The van der Waals surface area contributed by atoms with Crippen molar-refractivity contribution in [3.05, 3.63) is 54.0 Å². The Hall–Kier alpha value is -3.07. The molecule has 9 heteroatoms. The van der Waals surface area contributed by atoms with Gasteiger partial charge in [-0.1, -0.05) is 30.3 Å². The molecular weight excluding hydrogens is 334 g/mol. The highest BCUT2D eigenvalue weighted by Gasteiger charge is 2.30. The van der Waals surface area contributed by atoms with E-state index in [9.17, 15) is 4.79 Å². The number of aromatic nitrogens is 6. The van der Waals surface area contributed by atoms with Crippen LogP contribution in [0.3, 0.4) is 0 Å². The molecule has 1 fully saturated rings. The van der Waals surface area contributed by atoms with Gasteiger partial charge in [0.05, 0.1) is 18.8 Å². The van der Waals surface area contributed by atoms with Gasteiger partial charge in [-0.3, -0.25) is 9.89 Å². The zero-order valence-electron chi connectivity index (χ0n) is 14.1. The van der Waals surface area contributed by atoms with E-state index in [1.165, 1.54) is 11.0 Å². The van der Waals surface area contributed by atoms with Gasteiger partial charge >= 0.3 is 0 Å². The molecular formula is C17H19N7O2. The molecule has 0 spiro atoms. The minimum atomic E-state index is -0.211. The van der Waals surface area contributed by atoms with Crippen molar-refractivity contribution in [2.24, 2.45) is 0 Å². The summed E-state index contributed by atoms with van der Waals surface area (Å²) in [4.78, 5) is 12.5. The van der Waals surface area contributed by atoms with E-state index in [-0.39, 0.29) is 18.1 Å². The van der Waals surface area contributed by atoms with Crippen LogP contribution < -0.4 is 5.32 Å². The Morgan fingerprint density at radius 3 is 3.00 bits per heavy atom. The van der Waals surface area contributed by atoms with Gasteiger partial charge in [0.25, 0.3) is 5.91 Å². The summed E-state index contributed by atoms with van der Waals surface area (Å²) in [6.07, 6.45) is 4.31. The molecule has 4 rings (SSSR count). The summed E-state index contributed by atoms with van der Waals surface area (Å²) in [5.74, 6) is 0.250. The lowest BCUT2D eigenvalue weighted by Crippen LogP contribution is -2.41. The van der Waals surface area contributed by atoms with Gasteiger partial charge in [-0.05, 0) is 35.3 Å². The number of rotatable bonds is 6. The SMILES string of the molecule is O=C(N[C@@H]1CCC[C@H]1OCc1ccccc1)c1cc(-n2cnnn2)n[nH]1. The van der Waals surface area contributed by atoms with Gasteiger partial charge < -0.3 is 10.1 Å². The maximum absolute atomic E-state index is 12.5. The highest BCUT2D eigenvalue weighted by atomic mass is 16.5. The van der Waals surface area contributed by atoms with E-state index >= 15 is 0 Å². The van der Waals surface area contributed by atoms with E-state index in [1.54, 1.807) is 6.07 Å². The zero-order chi connectivity index (χ0) is 17.8. The fraction of sp³-hybridized carbons (Fsp3) is 0.353. The molecule has 0 bridgehead atoms. The molecule has 0 unspecified atom stereocenters. The highest BCUT2D eigenvalue weighted by Crippen LogP contribution is 2.23. The van der Waals surface area contributed by atoms with Crippen LogP contribution in [0.15, 0.2) is 42.7 Å². The predicted molar refractivity (Wildman–Crippen MR) is 91.4 cm³/mol. The number of aromatic amines is 1. The fourth-order valence-electron chi connectivity index (χ4n) is 3.13. The average molecular weight is 353 g/mol. The molecule has 3 aromatic rings. The van der Waals surface area contributed by atoms with Crippen molar-refractivity contribution in [1.82, 2.24) is 35.7 Å². The summed E-state index contributed by atoms with van der Waals surface area (Å²) in [5, 5.41) is 20.7. The lowest BCUT2D eigenvalue weighted by molar-refractivity contribution is 0.0271. The van der Waals surface area contributed by atoms with Crippen molar-refractivity contribution in [2.45, 2.75) is 38.0 Å². The van der Waals surface area contributed by atoms with Gasteiger partial charge in [0.2, 0.25) is 0 Å². The number of ether oxygens (including phenoxy) is 1. The maximum Gasteiger partial charge on any atom is 0.269 e. The summed E-state index contributed by atoms with van der Waals surface area (Å²) < 4.78 is 7.41. The van der Waals surface area contributed by atoms with Gasteiger partial charge in [0.1, 0.15) is 12.0 Å². The van der Waals surface area contributed by atoms with Crippen LogP contribution in [0.2, 0.25) is 0 Å². The standard InChI is InChI=1S/C17H19N7O2/c25-17(14-9-16(21-20-14)24-11-18-22-23-24)19-13-7-4-8-15(13)26-10-12-5-2-1-3-6-12/h1-3,5-6,9,11,13,15H,4,7-8,10H2,(H,19,25)(H,20,21)/t13-,15-/m1/s1. The monoisotopic (exact) mass is 353 g/mol. The third kappa shape index (κ3) is 3.62. The Morgan fingerprint density at radius 1 is 1.31 bits per heavy atom. The minimum absolute atomic E-state index is 0.00833. The number of nitrogens with zero attached hydrogens (tertiary/aromatic N) is 5. The molecule has 0 saturated heterocycles. The van der Waals surface area contributed by atoms with Crippen LogP contribution in [-0.4, -0.2) is 48.5 Å². The van der Waals surface area contributed by atoms with Gasteiger partial charge in [-0.25, -0.2) is 0 Å². The lowest BCUT2D eigenvalue weighted by atomic mass is 10.2. The van der Waals surface area contributed by atoms with E-state index in [4.69, 9.17) is 4.74 Å². The summed E-state index contributed by atoms with van der Waals surface area (Å²) in [7, 11) is 0. The Bertz CT molecular complexity index is 847. The molecule has 1 aliphatic rings. The predicted octanol–water partition coefficient (Wildman–Crippen LogP) is 1.25. The van der Waals surface area contributed by atoms with Crippen LogP contribution in [0.1, 0.15) is 35.3 Å². The maximum atomic E-state index is 12.5. The first-order valence-electron chi connectivity index (χ1n) is 8.55. The first kappa shape index (κ1) is 16.4. The van der Waals surface area contributed by atoms with Crippen molar-refractivity contribution in [1.29, 1.82) is 0 Å². The molecule has 9 nitrogen and oxygen atoms in total. The van der Waals surface area contributed by atoms with E-state index in [1.807, 2.05) is 30.3 Å². The molecule has 0 radical (unpaired) electrons. The molecule has 134 valence electrons. The van der Waals surface area contributed by atoms with Gasteiger partial charge in [-0.2, -0.15) is 9.78 Å². The summed E-state index contributed by atoms with van der Waals surface area (Å²) in [5.41, 5.74) is 1.49. The lowest BCUT2D eigenvalue weighted by Gasteiger charge is -2.21. The van der Waals surface area contributed by atoms with Crippen molar-refractivity contribution < 1.29 is 9.53 Å². The van der Waals surface area contributed by atoms with E-state index < -0.39 is 0 Å². The Balaban J connectivity index is 1.36. The normalized spacial score (nSPS) is 19.5. The van der Waals surface area contributed by atoms with Crippen molar-refractivity contribution >= 4 is 5.91 Å². The van der Waals surface area contributed by atoms with Crippen molar-refractivity contribution in [3.63, 3.8) is 0 Å². The van der Waals surface area contributed by atoms with Crippen LogP contribution in [0, 0.1) is 0 Å². The topological polar surface area (TPSA) is 111 Å². The number of nitrogens with one attached hydrogen (secondary N) is 2. The molecule has 1 saturated carbocycles. The van der Waals surface area contributed by atoms with Crippen LogP contribution in [0.25, 0.3) is 5.82 Å². The minimum Gasteiger partial charge on any atom is -0.371 e. The molecule has 2 atom stereocenters. The number of carbonyl (C=O) groups excluding carboxylic acids is 1.